The average molecular weight is 282 g/mol. The Morgan fingerprint density at radius 2 is 2.00 bits per heavy atom. The molecular weight excluding hydrogens is 252 g/mol. The third-order valence-electron chi connectivity index (χ3n) is 3.59. The lowest BCUT2D eigenvalue weighted by Crippen LogP contribution is -2.42. The summed E-state index contributed by atoms with van der Waals surface area (Å²) in [4.78, 5) is 13.9. The van der Waals surface area contributed by atoms with Gasteiger partial charge in [-0.05, 0) is 43.3 Å². The van der Waals surface area contributed by atoms with Crippen LogP contribution in [0.15, 0.2) is 12.2 Å². The summed E-state index contributed by atoms with van der Waals surface area (Å²) in [5.74, 6) is 0.664. The molecule has 0 aromatic carbocycles. The number of nitrogens with one attached hydrogen (secondary N) is 1. The number of nitrogens with zero attached hydrogens (tertiary/aromatic N) is 1. The van der Waals surface area contributed by atoms with Crippen LogP contribution in [0.2, 0.25) is 0 Å². The summed E-state index contributed by atoms with van der Waals surface area (Å²) in [6.07, 6.45) is 5.34. The van der Waals surface area contributed by atoms with Crippen molar-refractivity contribution in [2.45, 2.75) is 46.6 Å². The van der Waals surface area contributed by atoms with E-state index in [1.54, 1.807) is 6.08 Å². The second-order valence-corrected chi connectivity index (χ2v) is 7.08. The van der Waals surface area contributed by atoms with Crippen LogP contribution < -0.4 is 5.32 Å². The molecule has 1 heterocycles. The number of likely N-dealkylation sites (tertiary alicyclic amines) is 1. The quantitative estimate of drug-likeness (QED) is 0.756. The van der Waals surface area contributed by atoms with Gasteiger partial charge in [-0.1, -0.05) is 33.8 Å². The van der Waals surface area contributed by atoms with Crippen molar-refractivity contribution in [3.05, 3.63) is 12.2 Å². The number of rotatable bonds is 5. The highest BCUT2D eigenvalue weighted by molar-refractivity contribution is 5.87. The van der Waals surface area contributed by atoms with Crippen LogP contribution in [-0.4, -0.2) is 48.2 Å². The number of piperidine rings is 1. The largest absolute Gasteiger partial charge is 0.390 e. The predicted octanol–water partition coefficient (Wildman–Crippen LogP) is 1.80. The molecule has 1 atom stereocenters. The number of allylic oxidation sites excluding steroid dienone is 1. The fraction of sp³-hybridized carbons (Fsp3) is 0.812. The molecule has 0 bridgehead atoms. The molecule has 0 saturated carbocycles. The molecule has 4 heteroatoms. The van der Waals surface area contributed by atoms with Crippen molar-refractivity contribution in [2.24, 2.45) is 11.3 Å². The summed E-state index contributed by atoms with van der Waals surface area (Å²) < 4.78 is 0. The van der Waals surface area contributed by atoms with E-state index in [1.165, 1.54) is 12.8 Å². The first kappa shape index (κ1) is 17.2. The molecule has 116 valence electrons. The maximum absolute atomic E-state index is 11.6. The predicted molar refractivity (Wildman–Crippen MR) is 82.4 cm³/mol. The van der Waals surface area contributed by atoms with Gasteiger partial charge >= 0.3 is 0 Å². The lowest BCUT2D eigenvalue weighted by atomic mass is 9.96. The zero-order valence-electron chi connectivity index (χ0n) is 13.4. The highest BCUT2D eigenvalue weighted by Gasteiger charge is 2.18. The molecule has 1 aliphatic heterocycles. The molecule has 0 aliphatic carbocycles. The van der Waals surface area contributed by atoms with E-state index in [2.05, 4.69) is 17.1 Å². The van der Waals surface area contributed by atoms with Gasteiger partial charge in [-0.25, -0.2) is 0 Å². The fourth-order valence-corrected chi connectivity index (χ4v) is 2.21. The molecule has 0 aromatic rings. The van der Waals surface area contributed by atoms with Gasteiger partial charge in [0.1, 0.15) is 0 Å². The third-order valence-corrected chi connectivity index (χ3v) is 3.59. The number of carbonyl (C=O) groups excluding carboxylic acids is 1. The molecule has 0 radical (unpaired) electrons. The van der Waals surface area contributed by atoms with E-state index in [9.17, 15) is 9.90 Å². The first-order valence-corrected chi connectivity index (χ1v) is 7.64. The Hall–Kier alpha value is -0.870. The molecule has 1 fully saturated rings. The molecule has 20 heavy (non-hydrogen) atoms. The van der Waals surface area contributed by atoms with Crippen molar-refractivity contribution in [1.82, 2.24) is 10.2 Å². The van der Waals surface area contributed by atoms with E-state index in [4.69, 9.17) is 0 Å². The van der Waals surface area contributed by atoms with Crippen molar-refractivity contribution in [3.8, 4) is 0 Å². The number of aliphatic hydroxyl groups is 1. The first-order valence-electron chi connectivity index (χ1n) is 7.64. The highest BCUT2D eigenvalue weighted by Crippen LogP contribution is 2.16. The third kappa shape index (κ3) is 7.65. The Morgan fingerprint density at radius 3 is 2.55 bits per heavy atom. The van der Waals surface area contributed by atoms with E-state index in [0.29, 0.717) is 13.1 Å². The molecule has 0 aromatic heterocycles. The number of aliphatic hydroxyl groups excluding tert-OH is 1. The minimum Gasteiger partial charge on any atom is -0.390 e. The van der Waals surface area contributed by atoms with Gasteiger partial charge in [0.25, 0.3) is 0 Å². The number of carbonyl (C=O) groups is 1. The van der Waals surface area contributed by atoms with Crippen LogP contribution >= 0.6 is 0 Å². The van der Waals surface area contributed by atoms with E-state index >= 15 is 0 Å². The van der Waals surface area contributed by atoms with Crippen molar-refractivity contribution < 1.29 is 9.90 Å². The molecule has 1 aliphatic rings. The Balaban J connectivity index is 2.21. The van der Waals surface area contributed by atoms with Crippen LogP contribution in [0.4, 0.5) is 0 Å². The lowest BCUT2D eigenvalue weighted by molar-refractivity contribution is -0.117. The second-order valence-electron chi connectivity index (χ2n) is 7.08. The van der Waals surface area contributed by atoms with Crippen molar-refractivity contribution >= 4 is 5.91 Å². The molecule has 1 rings (SSSR count). The number of hydrogen-bond acceptors (Lipinski definition) is 3. The van der Waals surface area contributed by atoms with Crippen molar-refractivity contribution in [3.63, 3.8) is 0 Å². The summed E-state index contributed by atoms with van der Waals surface area (Å²) >= 11 is 0. The van der Waals surface area contributed by atoms with Crippen LogP contribution in [0.25, 0.3) is 0 Å². The Kier molecular flexibility index (Phi) is 6.69. The van der Waals surface area contributed by atoms with Gasteiger partial charge in [-0.2, -0.15) is 0 Å². The zero-order chi connectivity index (χ0) is 15.2. The minimum atomic E-state index is -0.490. The van der Waals surface area contributed by atoms with Gasteiger partial charge in [0.15, 0.2) is 0 Å². The number of hydrogen-bond donors (Lipinski definition) is 2. The van der Waals surface area contributed by atoms with Gasteiger partial charge in [0.2, 0.25) is 5.91 Å². The standard InChI is InChI=1S/C16H30N2O2/c1-13-6-9-18(10-7-13)12-14(19)11-17-15(20)5-8-16(2,3)4/h5,8,13-14,19H,6-7,9-12H2,1-4H3,(H,17,20)/b8-5+. The van der Waals surface area contributed by atoms with E-state index in [-0.39, 0.29) is 11.3 Å². The zero-order valence-corrected chi connectivity index (χ0v) is 13.4. The molecule has 1 amide bonds. The molecule has 1 unspecified atom stereocenters. The molecule has 0 spiro atoms. The van der Waals surface area contributed by atoms with Crippen LogP contribution in [0.5, 0.6) is 0 Å². The minimum absolute atomic E-state index is 0.000447. The Labute approximate surface area is 123 Å². The maximum atomic E-state index is 11.6. The van der Waals surface area contributed by atoms with Crippen molar-refractivity contribution in [1.29, 1.82) is 0 Å². The van der Waals surface area contributed by atoms with Crippen LogP contribution in [0.3, 0.4) is 0 Å². The summed E-state index contributed by atoms with van der Waals surface area (Å²) in [7, 11) is 0. The normalized spacial score (nSPS) is 20.2. The lowest BCUT2D eigenvalue weighted by Gasteiger charge is -2.31. The number of β-amino-alcohol motifs (C(OH)–C–C–N with tert-alkyl or cyclic N) is 1. The van der Waals surface area contributed by atoms with E-state index in [0.717, 1.165) is 19.0 Å². The van der Waals surface area contributed by atoms with Gasteiger partial charge in [-0.15, -0.1) is 0 Å². The van der Waals surface area contributed by atoms with Gasteiger partial charge < -0.3 is 15.3 Å². The summed E-state index contributed by atoms with van der Waals surface area (Å²) in [5, 5.41) is 12.7. The Bertz CT molecular complexity index is 326. The van der Waals surface area contributed by atoms with Gasteiger partial charge in [-0.3, -0.25) is 4.79 Å². The molecule has 2 N–H and O–H groups in total. The summed E-state index contributed by atoms with van der Waals surface area (Å²) in [6.45, 7) is 11.5. The monoisotopic (exact) mass is 282 g/mol. The SMILES string of the molecule is CC1CCN(CC(O)CNC(=O)/C=C/C(C)(C)C)CC1. The van der Waals surface area contributed by atoms with E-state index < -0.39 is 6.10 Å². The second kappa shape index (κ2) is 7.79. The Morgan fingerprint density at radius 1 is 1.40 bits per heavy atom. The van der Waals surface area contributed by atoms with Crippen LogP contribution in [0.1, 0.15) is 40.5 Å². The maximum Gasteiger partial charge on any atom is 0.243 e. The highest BCUT2D eigenvalue weighted by atomic mass is 16.3. The summed E-state index contributed by atoms with van der Waals surface area (Å²) in [6, 6.07) is 0. The van der Waals surface area contributed by atoms with Crippen molar-refractivity contribution in [2.75, 3.05) is 26.2 Å². The molecular formula is C16H30N2O2. The molecule has 1 saturated heterocycles. The summed E-state index contributed by atoms with van der Waals surface area (Å²) in [5.41, 5.74) is 0.000447. The van der Waals surface area contributed by atoms with Gasteiger partial charge in [0, 0.05) is 13.1 Å². The smallest absolute Gasteiger partial charge is 0.243 e. The van der Waals surface area contributed by atoms with Crippen LogP contribution in [0, 0.1) is 11.3 Å². The fourth-order valence-electron chi connectivity index (χ4n) is 2.21. The molecule has 4 nitrogen and oxygen atoms in total. The van der Waals surface area contributed by atoms with E-state index in [1.807, 2.05) is 26.8 Å². The topological polar surface area (TPSA) is 52.6 Å². The van der Waals surface area contributed by atoms with Crippen LogP contribution in [-0.2, 0) is 4.79 Å². The average Bonchev–Trinajstić information content (AvgIpc) is 2.36. The van der Waals surface area contributed by atoms with Gasteiger partial charge in [0.05, 0.1) is 6.10 Å². The first-order chi connectivity index (χ1) is 9.26. The number of amides is 1.